The Kier molecular flexibility index (Phi) is 5.16. The summed E-state index contributed by atoms with van der Waals surface area (Å²) in [6, 6.07) is 0. The molecular weight excluding hydrogens is 130 g/mol. The molecule has 0 aromatic rings. The van der Waals surface area contributed by atoms with Gasteiger partial charge in [-0.1, -0.05) is 13.3 Å². The van der Waals surface area contributed by atoms with Crippen molar-refractivity contribution in [2.75, 3.05) is 13.6 Å². The van der Waals surface area contributed by atoms with Crippen LogP contribution in [-0.4, -0.2) is 36.1 Å². The number of aliphatic hydroxyl groups excluding tert-OH is 1. The Balaban J connectivity index is 3.40. The molecule has 0 aliphatic carbocycles. The number of nitrogens with zero attached hydrogens (tertiary/aromatic N) is 1. The van der Waals surface area contributed by atoms with E-state index in [0.29, 0.717) is 6.29 Å². The second-order valence-corrected chi connectivity index (χ2v) is 2.38. The summed E-state index contributed by atoms with van der Waals surface area (Å²) in [4.78, 5) is 11.6. The number of carbonyl (C=O) groups excluding carboxylic acids is 1. The van der Waals surface area contributed by atoms with Crippen molar-refractivity contribution in [2.45, 2.75) is 26.0 Å². The largest absolute Gasteiger partial charge is 0.371 e. The van der Waals surface area contributed by atoms with Crippen molar-refractivity contribution >= 4 is 6.29 Å². The van der Waals surface area contributed by atoms with Crippen LogP contribution < -0.4 is 0 Å². The highest BCUT2D eigenvalue weighted by Gasteiger charge is 2.06. The van der Waals surface area contributed by atoms with Crippen LogP contribution in [0.5, 0.6) is 0 Å². The summed E-state index contributed by atoms with van der Waals surface area (Å²) in [6.45, 7) is 2.84. The third-order valence-corrected chi connectivity index (χ3v) is 1.44. The Morgan fingerprint density at radius 3 is 2.70 bits per heavy atom. The zero-order valence-corrected chi connectivity index (χ0v) is 6.58. The van der Waals surface area contributed by atoms with E-state index in [0.717, 1.165) is 19.4 Å². The maximum Gasteiger partial charge on any atom is 0.163 e. The van der Waals surface area contributed by atoms with E-state index >= 15 is 0 Å². The van der Waals surface area contributed by atoms with Gasteiger partial charge < -0.3 is 5.11 Å². The van der Waals surface area contributed by atoms with Gasteiger partial charge in [0, 0.05) is 6.54 Å². The van der Waals surface area contributed by atoms with Crippen LogP contribution in [0.2, 0.25) is 0 Å². The first-order valence-corrected chi connectivity index (χ1v) is 3.56. The molecule has 0 radical (unpaired) electrons. The molecule has 10 heavy (non-hydrogen) atoms. The highest BCUT2D eigenvalue weighted by Crippen LogP contribution is 1.93. The van der Waals surface area contributed by atoms with E-state index in [-0.39, 0.29) is 0 Å². The summed E-state index contributed by atoms with van der Waals surface area (Å²) in [5.74, 6) is 0. The van der Waals surface area contributed by atoms with Gasteiger partial charge in [0.15, 0.2) is 12.5 Å². The highest BCUT2D eigenvalue weighted by atomic mass is 16.3. The van der Waals surface area contributed by atoms with E-state index in [9.17, 15) is 4.79 Å². The minimum absolute atomic E-state index is 0.537. The predicted molar refractivity (Wildman–Crippen MR) is 39.6 cm³/mol. The van der Waals surface area contributed by atoms with Crippen molar-refractivity contribution < 1.29 is 9.90 Å². The molecule has 1 N–H and O–H groups in total. The first-order valence-electron chi connectivity index (χ1n) is 3.56. The van der Waals surface area contributed by atoms with Crippen molar-refractivity contribution in [3.63, 3.8) is 0 Å². The minimum atomic E-state index is -0.924. The second-order valence-electron chi connectivity index (χ2n) is 2.38. The first-order chi connectivity index (χ1) is 4.72. The Hall–Kier alpha value is -0.410. The molecule has 0 heterocycles. The molecule has 0 spiro atoms. The van der Waals surface area contributed by atoms with E-state index < -0.39 is 6.23 Å². The van der Waals surface area contributed by atoms with E-state index in [2.05, 4.69) is 6.92 Å². The molecule has 1 unspecified atom stereocenters. The standard InChI is InChI=1S/C7H15NO2/c1-3-4-5-8(2)7(10)6-9/h6-7,10H,3-5H2,1-2H3. The van der Waals surface area contributed by atoms with Gasteiger partial charge in [-0.2, -0.15) is 0 Å². The molecule has 0 aliphatic rings. The van der Waals surface area contributed by atoms with Crippen LogP contribution in [0.3, 0.4) is 0 Å². The number of hydrogen-bond donors (Lipinski definition) is 1. The van der Waals surface area contributed by atoms with Crippen molar-refractivity contribution in [3.8, 4) is 0 Å². The molecule has 3 nitrogen and oxygen atoms in total. The number of likely N-dealkylation sites (N-methyl/N-ethyl adjacent to an activating group) is 1. The summed E-state index contributed by atoms with van der Waals surface area (Å²) < 4.78 is 0. The van der Waals surface area contributed by atoms with Crippen LogP contribution in [0, 0.1) is 0 Å². The van der Waals surface area contributed by atoms with Crippen LogP contribution in [0.15, 0.2) is 0 Å². The van der Waals surface area contributed by atoms with Crippen molar-refractivity contribution in [1.29, 1.82) is 0 Å². The molecule has 0 aromatic carbocycles. The van der Waals surface area contributed by atoms with Crippen LogP contribution in [-0.2, 0) is 4.79 Å². The monoisotopic (exact) mass is 145 g/mol. The van der Waals surface area contributed by atoms with E-state index in [4.69, 9.17) is 5.11 Å². The topological polar surface area (TPSA) is 40.5 Å². The summed E-state index contributed by atoms with van der Waals surface area (Å²) >= 11 is 0. The maximum absolute atomic E-state index is 10.0. The van der Waals surface area contributed by atoms with Gasteiger partial charge in [0.05, 0.1) is 0 Å². The molecule has 0 saturated carbocycles. The Labute approximate surface area is 61.6 Å². The molecule has 0 fully saturated rings. The van der Waals surface area contributed by atoms with Gasteiger partial charge in [0.25, 0.3) is 0 Å². The first kappa shape index (κ1) is 9.59. The number of rotatable bonds is 5. The molecule has 0 rings (SSSR count). The van der Waals surface area contributed by atoms with Crippen LogP contribution in [0.4, 0.5) is 0 Å². The lowest BCUT2D eigenvalue weighted by Crippen LogP contribution is -2.33. The molecule has 3 heteroatoms. The lowest BCUT2D eigenvalue weighted by Gasteiger charge is -2.17. The molecule has 60 valence electrons. The SMILES string of the molecule is CCCCN(C)C(O)C=O. The van der Waals surface area contributed by atoms with Crippen LogP contribution >= 0.6 is 0 Å². The quantitative estimate of drug-likeness (QED) is 0.445. The highest BCUT2D eigenvalue weighted by molar-refractivity contribution is 5.54. The number of carbonyl (C=O) groups is 1. The average Bonchev–Trinajstić information content (AvgIpc) is 1.98. The minimum Gasteiger partial charge on any atom is -0.371 e. The molecule has 0 aliphatic heterocycles. The molecule has 0 saturated heterocycles. The van der Waals surface area contributed by atoms with Gasteiger partial charge in [-0.15, -0.1) is 0 Å². The third-order valence-electron chi connectivity index (χ3n) is 1.44. The fourth-order valence-corrected chi connectivity index (χ4v) is 0.644. The number of unbranched alkanes of at least 4 members (excludes halogenated alkanes) is 1. The van der Waals surface area contributed by atoms with Gasteiger partial charge in [0.2, 0.25) is 0 Å². The van der Waals surface area contributed by atoms with E-state index in [1.165, 1.54) is 0 Å². The number of aliphatic hydroxyl groups is 1. The Bertz CT molecular complexity index is 95.6. The Morgan fingerprint density at radius 1 is 1.70 bits per heavy atom. The number of hydrogen-bond acceptors (Lipinski definition) is 3. The van der Waals surface area contributed by atoms with Crippen molar-refractivity contribution in [2.24, 2.45) is 0 Å². The molecule has 0 aromatic heterocycles. The van der Waals surface area contributed by atoms with Crippen molar-refractivity contribution in [1.82, 2.24) is 4.90 Å². The molecular formula is C7H15NO2. The Morgan fingerprint density at radius 2 is 2.30 bits per heavy atom. The average molecular weight is 145 g/mol. The van der Waals surface area contributed by atoms with Gasteiger partial charge in [0.1, 0.15) is 0 Å². The summed E-state index contributed by atoms with van der Waals surface area (Å²) in [5, 5.41) is 8.91. The lowest BCUT2D eigenvalue weighted by molar-refractivity contribution is -0.122. The zero-order valence-electron chi connectivity index (χ0n) is 6.58. The smallest absolute Gasteiger partial charge is 0.163 e. The van der Waals surface area contributed by atoms with Gasteiger partial charge in [-0.3, -0.25) is 9.69 Å². The van der Waals surface area contributed by atoms with Crippen LogP contribution in [0.1, 0.15) is 19.8 Å². The lowest BCUT2D eigenvalue weighted by atomic mass is 10.3. The number of aldehydes is 1. The zero-order chi connectivity index (χ0) is 7.98. The third kappa shape index (κ3) is 3.58. The molecule has 0 bridgehead atoms. The van der Waals surface area contributed by atoms with Gasteiger partial charge in [-0.05, 0) is 13.5 Å². The summed E-state index contributed by atoms with van der Waals surface area (Å²) in [5.41, 5.74) is 0. The molecule has 1 atom stereocenters. The maximum atomic E-state index is 10.0. The predicted octanol–water partition coefficient (Wildman–Crippen LogP) is 0.236. The fourth-order valence-electron chi connectivity index (χ4n) is 0.644. The van der Waals surface area contributed by atoms with Gasteiger partial charge >= 0.3 is 0 Å². The van der Waals surface area contributed by atoms with E-state index in [1.807, 2.05) is 0 Å². The summed E-state index contributed by atoms with van der Waals surface area (Å²) in [7, 11) is 1.73. The van der Waals surface area contributed by atoms with Gasteiger partial charge in [-0.25, -0.2) is 0 Å². The normalized spacial score (nSPS) is 13.6. The van der Waals surface area contributed by atoms with E-state index in [1.54, 1.807) is 11.9 Å². The van der Waals surface area contributed by atoms with Crippen LogP contribution in [0.25, 0.3) is 0 Å². The second kappa shape index (κ2) is 5.38. The van der Waals surface area contributed by atoms with Crippen molar-refractivity contribution in [3.05, 3.63) is 0 Å². The molecule has 0 amide bonds. The fraction of sp³-hybridized carbons (Fsp3) is 0.857. The summed E-state index contributed by atoms with van der Waals surface area (Å²) in [6.07, 6.45) is 1.71.